The maximum Gasteiger partial charge on any atom is 0.307 e. The van der Waals surface area contributed by atoms with Gasteiger partial charge in [0.15, 0.2) is 18.4 Å². The van der Waals surface area contributed by atoms with Crippen molar-refractivity contribution < 1.29 is 47.9 Å². The number of esters is 1. The molecule has 0 aromatic heterocycles. The lowest BCUT2D eigenvalue weighted by molar-refractivity contribution is -0.310. The van der Waals surface area contributed by atoms with Crippen LogP contribution in [0.5, 0.6) is 0 Å². The number of carbonyl (C=O) groups is 2. The second-order valence-corrected chi connectivity index (χ2v) is 16.6. The van der Waals surface area contributed by atoms with E-state index in [1.54, 1.807) is 14.2 Å². The molecule has 0 bridgehead atoms. The zero-order valence-electron chi connectivity index (χ0n) is 33.1. The number of aliphatic hydroxyl groups is 1. The summed E-state index contributed by atoms with van der Waals surface area (Å²) in [5.74, 6) is -0.325. The molecule has 298 valence electrons. The van der Waals surface area contributed by atoms with Crippen LogP contribution in [0.1, 0.15) is 85.5 Å². The number of Topliss-reactive ketones (excluding diaryl/α,β-unsaturated/α-hetero) is 1. The molecule has 1 N–H and O–H groups in total. The second kappa shape index (κ2) is 17.9. The van der Waals surface area contributed by atoms with E-state index < -0.39 is 30.5 Å². The van der Waals surface area contributed by atoms with Crippen molar-refractivity contribution in [1.29, 1.82) is 0 Å². The third kappa shape index (κ3) is 8.88. The molecule has 0 spiro atoms. The maximum atomic E-state index is 14.7. The summed E-state index contributed by atoms with van der Waals surface area (Å²) in [5.41, 5.74) is 0.730. The topological polar surface area (TPSA) is 122 Å². The number of ketones is 1. The van der Waals surface area contributed by atoms with Gasteiger partial charge >= 0.3 is 5.97 Å². The summed E-state index contributed by atoms with van der Waals surface area (Å²) < 4.78 is 43.0. The van der Waals surface area contributed by atoms with Gasteiger partial charge in [-0.1, -0.05) is 38.2 Å². The molecule has 1 saturated carbocycles. The van der Waals surface area contributed by atoms with Gasteiger partial charge in [0, 0.05) is 32.1 Å². The Kier molecular flexibility index (Phi) is 13.7. The fraction of sp³-hybridized carbons (Fsp3) is 0.810. The molecule has 6 aliphatic rings. The van der Waals surface area contributed by atoms with E-state index >= 15 is 0 Å². The minimum absolute atomic E-state index is 0.00279. The molecular weight excluding hydrogens is 678 g/mol. The molecule has 3 aliphatic carbocycles. The van der Waals surface area contributed by atoms with Gasteiger partial charge in [-0.15, -0.1) is 0 Å². The maximum absolute atomic E-state index is 14.7. The highest BCUT2D eigenvalue weighted by Gasteiger charge is 2.52. The highest BCUT2D eigenvalue weighted by atomic mass is 16.7. The standard InChI is InChI=1S/C42H65NO10/c1-9-10-12-27-13-11-14-35(53-37-18-17-34(43(5)6)24(3)49-37)23(2)38(45)33-21-31-29(32(33)22-36(44)51-27)16-15-26-19-28(20-30(26)31)52-42-39(46)41(48-8)40(47-7)25(4)50-42/h10,12,15-16,21,23-32,34-35,37,39-42,46H,9,11,13-14,17-20,22H2,1-8H3. The number of methoxy groups -OCH3 is 2. The lowest BCUT2D eigenvalue weighted by atomic mass is 9.70. The number of fused-ring (bicyclic) bond motifs is 5. The molecule has 3 saturated heterocycles. The number of allylic oxidation sites excluding steroid dienone is 5. The molecule has 0 radical (unpaired) electrons. The number of ether oxygens (including phenoxy) is 7. The monoisotopic (exact) mass is 743 g/mol. The predicted molar refractivity (Wildman–Crippen MR) is 199 cm³/mol. The van der Waals surface area contributed by atoms with Gasteiger partial charge in [-0.2, -0.15) is 0 Å². The lowest BCUT2D eigenvalue weighted by Crippen LogP contribution is -2.59. The van der Waals surface area contributed by atoms with E-state index in [0.717, 1.165) is 44.1 Å². The van der Waals surface area contributed by atoms with Crippen LogP contribution in [0.2, 0.25) is 0 Å². The molecule has 4 fully saturated rings. The average Bonchev–Trinajstić information content (AvgIpc) is 3.71. The SMILES string of the molecule is CCC=CC1CCCC(OC2CCC(N(C)C)C(C)O2)C(C)C(=O)C2=CC3C(C=CC4CC(OC5OC(C)C(OC)C(OC)C5O)CC43)C2CC(=O)O1. The Balaban J connectivity index is 1.21. The summed E-state index contributed by atoms with van der Waals surface area (Å²) in [6.07, 6.45) is 12.9. The quantitative estimate of drug-likeness (QED) is 0.242. The number of likely N-dealkylation sites (N-methyl/N-ethyl adjacent to an activating group) is 1. The minimum Gasteiger partial charge on any atom is -0.458 e. The van der Waals surface area contributed by atoms with Crippen LogP contribution < -0.4 is 0 Å². The van der Waals surface area contributed by atoms with Crippen LogP contribution in [0, 0.1) is 35.5 Å². The van der Waals surface area contributed by atoms with Crippen molar-refractivity contribution in [3.05, 3.63) is 36.0 Å². The van der Waals surface area contributed by atoms with Crippen molar-refractivity contribution >= 4 is 11.8 Å². The third-order valence-corrected chi connectivity index (χ3v) is 13.1. The highest BCUT2D eigenvalue weighted by molar-refractivity contribution is 5.99. The molecule has 0 aromatic carbocycles. The summed E-state index contributed by atoms with van der Waals surface area (Å²) in [5, 5.41) is 11.1. The summed E-state index contributed by atoms with van der Waals surface area (Å²) in [7, 11) is 7.32. The van der Waals surface area contributed by atoms with Crippen LogP contribution in [0.3, 0.4) is 0 Å². The molecule has 11 nitrogen and oxygen atoms in total. The van der Waals surface area contributed by atoms with Gasteiger partial charge < -0.3 is 43.2 Å². The van der Waals surface area contributed by atoms with Crippen LogP contribution in [-0.4, -0.2) is 118 Å². The Bertz CT molecular complexity index is 1350. The van der Waals surface area contributed by atoms with Gasteiger partial charge in [-0.25, -0.2) is 0 Å². The third-order valence-electron chi connectivity index (χ3n) is 13.1. The zero-order valence-corrected chi connectivity index (χ0v) is 33.1. The number of cyclic esters (lactones) is 1. The van der Waals surface area contributed by atoms with Gasteiger partial charge in [-0.05, 0) is 115 Å². The number of hydrogen-bond donors (Lipinski definition) is 1. The Morgan fingerprint density at radius 2 is 1.70 bits per heavy atom. The van der Waals surface area contributed by atoms with Crippen molar-refractivity contribution in [2.24, 2.45) is 35.5 Å². The van der Waals surface area contributed by atoms with E-state index in [4.69, 9.17) is 33.2 Å². The average molecular weight is 744 g/mol. The zero-order chi connectivity index (χ0) is 38.0. The smallest absolute Gasteiger partial charge is 0.307 e. The first kappa shape index (κ1) is 40.7. The Morgan fingerprint density at radius 3 is 2.40 bits per heavy atom. The van der Waals surface area contributed by atoms with Gasteiger partial charge in [0.1, 0.15) is 24.4 Å². The van der Waals surface area contributed by atoms with E-state index in [1.807, 2.05) is 19.9 Å². The normalized spacial score (nSPS) is 45.2. The number of nitrogens with zero attached hydrogens (tertiary/aromatic N) is 1. The lowest BCUT2D eigenvalue weighted by Gasteiger charge is -2.42. The first-order chi connectivity index (χ1) is 25.4. The van der Waals surface area contributed by atoms with E-state index in [9.17, 15) is 14.7 Å². The number of hydrogen-bond acceptors (Lipinski definition) is 11. The largest absolute Gasteiger partial charge is 0.458 e. The first-order valence-corrected chi connectivity index (χ1v) is 20.3. The number of aliphatic hydroxyl groups excluding tert-OH is 1. The summed E-state index contributed by atoms with van der Waals surface area (Å²) >= 11 is 0. The summed E-state index contributed by atoms with van der Waals surface area (Å²) in [6.45, 7) is 8.07. The van der Waals surface area contributed by atoms with Crippen LogP contribution in [0.25, 0.3) is 0 Å². The predicted octanol–water partition coefficient (Wildman–Crippen LogP) is 5.39. The van der Waals surface area contributed by atoms with Gasteiger partial charge in [-0.3, -0.25) is 9.59 Å². The second-order valence-electron chi connectivity index (χ2n) is 16.6. The molecule has 11 heteroatoms. The van der Waals surface area contributed by atoms with Crippen molar-refractivity contribution in [3.8, 4) is 0 Å². The molecule has 3 aliphatic heterocycles. The van der Waals surface area contributed by atoms with E-state index in [1.165, 1.54) is 0 Å². The van der Waals surface area contributed by atoms with Crippen LogP contribution in [-0.2, 0) is 42.7 Å². The number of rotatable bonds is 9. The van der Waals surface area contributed by atoms with Gasteiger partial charge in [0.05, 0.1) is 30.8 Å². The molecule has 17 atom stereocenters. The van der Waals surface area contributed by atoms with E-state index in [2.05, 4.69) is 57.1 Å². The molecule has 0 amide bonds. The van der Waals surface area contributed by atoms with Crippen molar-refractivity contribution in [1.82, 2.24) is 4.90 Å². The van der Waals surface area contributed by atoms with Crippen molar-refractivity contribution in [3.63, 3.8) is 0 Å². The fourth-order valence-corrected chi connectivity index (χ4v) is 10.3. The number of carbonyl (C=O) groups excluding carboxylic acids is 2. The Labute approximate surface area is 316 Å². The Morgan fingerprint density at radius 1 is 0.925 bits per heavy atom. The minimum atomic E-state index is -0.995. The Hall–Kier alpha value is -1.96. The summed E-state index contributed by atoms with van der Waals surface area (Å²) in [4.78, 5) is 30.5. The van der Waals surface area contributed by atoms with E-state index in [0.29, 0.717) is 18.9 Å². The fourth-order valence-electron chi connectivity index (χ4n) is 10.3. The molecular formula is C42H65NO10. The molecule has 6 rings (SSSR count). The van der Waals surface area contributed by atoms with Gasteiger partial charge in [0.25, 0.3) is 0 Å². The molecule has 0 aromatic rings. The van der Waals surface area contributed by atoms with Crippen LogP contribution in [0.4, 0.5) is 0 Å². The van der Waals surface area contributed by atoms with Crippen LogP contribution in [0.15, 0.2) is 36.0 Å². The van der Waals surface area contributed by atoms with Crippen molar-refractivity contribution in [2.75, 3.05) is 28.3 Å². The molecule has 17 unspecified atom stereocenters. The van der Waals surface area contributed by atoms with Gasteiger partial charge in [0.2, 0.25) is 0 Å². The summed E-state index contributed by atoms with van der Waals surface area (Å²) in [6, 6.07) is 0.324. The van der Waals surface area contributed by atoms with Crippen LogP contribution >= 0.6 is 0 Å². The first-order valence-electron chi connectivity index (χ1n) is 20.3. The molecule has 3 heterocycles. The van der Waals surface area contributed by atoms with E-state index in [-0.39, 0.29) is 84.6 Å². The van der Waals surface area contributed by atoms with Crippen molar-refractivity contribution in [2.45, 2.75) is 153 Å². The highest BCUT2D eigenvalue weighted by Crippen LogP contribution is 2.54. The molecule has 53 heavy (non-hydrogen) atoms.